The van der Waals surface area contributed by atoms with Gasteiger partial charge < -0.3 is 15.5 Å². The van der Waals surface area contributed by atoms with Gasteiger partial charge >= 0.3 is 0 Å². The molecule has 0 radical (unpaired) electrons. The lowest BCUT2D eigenvalue weighted by molar-refractivity contribution is 0.414. The Labute approximate surface area is 120 Å². The number of ether oxygens (including phenoxy) is 1. The molecule has 0 spiro atoms. The molecule has 0 unspecified atom stereocenters. The van der Waals surface area contributed by atoms with Crippen molar-refractivity contribution in [1.82, 2.24) is 9.97 Å². The van der Waals surface area contributed by atoms with Crippen LogP contribution in [0.25, 0.3) is 0 Å². The van der Waals surface area contributed by atoms with E-state index in [4.69, 9.17) is 22.2 Å². The van der Waals surface area contributed by atoms with E-state index in [1.165, 1.54) is 19.5 Å². The Bertz CT molecular complexity index is 610. The van der Waals surface area contributed by atoms with Crippen molar-refractivity contribution in [2.24, 2.45) is 5.84 Å². The Balaban J connectivity index is 2.16. The van der Waals surface area contributed by atoms with Crippen LogP contribution in [0.4, 0.5) is 16.0 Å². The number of nitrogens with zero attached hydrogens (tertiary/aromatic N) is 2. The lowest BCUT2D eigenvalue weighted by Gasteiger charge is -2.12. The van der Waals surface area contributed by atoms with Crippen molar-refractivity contribution in [3.8, 4) is 5.75 Å². The van der Waals surface area contributed by atoms with Crippen LogP contribution in [-0.2, 0) is 6.54 Å². The Hall–Kier alpha value is -2.12. The van der Waals surface area contributed by atoms with Gasteiger partial charge in [-0.15, -0.1) is 0 Å². The number of methoxy groups -OCH3 is 1. The van der Waals surface area contributed by atoms with Gasteiger partial charge in [0, 0.05) is 6.54 Å². The third-order valence-electron chi connectivity index (χ3n) is 2.59. The van der Waals surface area contributed by atoms with Crippen LogP contribution in [0.1, 0.15) is 5.56 Å². The first kappa shape index (κ1) is 14.3. The molecule has 0 fully saturated rings. The lowest BCUT2D eigenvalue weighted by atomic mass is 10.2. The first-order valence-electron chi connectivity index (χ1n) is 5.69. The molecule has 0 amide bonds. The smallest absolute Gasteiger partial charge is 0.205 e. The maximum absolute atomic E-state index is 13.1. The fraction of sp³-hybridized carbons (Fsp3) is 0.167. The zero-order valence-electron chi connectivity index (χ0n) is 10.7. The highest BCUT2D eigenvalue weighted by Crippen LogP contribution is 2.28. The first-order valence-corrected chi connectivity index (χ1v) is 6.07. The Morgan fingerprint density at radius 2 is 2.10 bits per heavy atom. The van der Waals surface area contributed by atoms with E-state index in [0.717, 1.165) is 5.56 Å². The van der Waals surface area contributed by atoms with Crippen LogP contribution in [0.3, 0.4) is 0 Å². The number of benzene rings is 1. The van der Waals surface area contributed by atoms with Crippen molar-refractivity contribution in [1.29, 1.82) is 0 Å². The number of nitrogens with one attached hydrogen (secondary N) is 2. The van der Waals surface area contributed by atoms with Gasteiger partial charge in [0.15, 0.2) is 11.6 Å². The summed E-state index contributed by atoms with van der Waals surface area (Å²) >= 11 is 5.72. The van der Waals surface area contributed by atoms with Crippen LogP contribution in [-0.4, -0.2) is 17.1 Å². The molecule has 0 aliphatic rings. The third kappa shape index (κ3) is 3.06. The minimum Gasteiger partial charge on any atom is -0.490 e. The number of hydrazine groups is 1. The summed E-state index contributed by atoms with van der Waals surface area (Å²) in [6.07, 6.45) is 1.34. The molecule has 0 atom stereocenters. The lowest BCUT2D eigenvalue weighted by Crippen LogP contribution is -2.12. The maximum Gasteiger partial charge on any atom is 0.205 e. The third-order valence-corrected chi connectivity index (χ3v) is 2.88. The van der Waals surface area contributed by atoms with Gasteiger partial charge in [-0.25, -0.2) is 20.2 Å². The quantitative estimate of drug-likeness (QED) is 0.579. The summed E-state index contributed by atoms with van der Waals surface area (Å²) in [5, 5.41) is 3.12. The zero-order chi connectivity index (χ0) is 14.5. The summed E-state index contributed by atoms with van der Waals surface area (Å²) in [4.78, 5) is 7.99. The number of hydrogen-bond donors (Lipinski definition) is 3. The molecule has 6 nitrogen and oxygen atoms in total. The first-order chi connectivity index (χ1) is 9.65. The summed E-state index contributed by atoms with van der Waals surface area (Å²) in [6, 6.07) is 4.48. The molecule has 8 heteroatoms. The molecule has 20 heavy (non-hydrogen) atoms. The van der Waals surface area contributed by atoms with Crippen molar-refractivity contribution in [2.75, 3.05) is 17.9 Å². The van der Waals surface area contributed by atoms with Gasteiger partial charge in [-0.3, -0.25) is 0 Å². The van der Waals surface area contributed by atoms with Crippen LogP contribution in [0.5, 0.6) is 5.75 Å². The van der Waals surface area contributed by atoms with Crippen LogP contribution in [0.15, 0.2) is 24.5 Å². The summed E-state index contributed by atoms with van der Waals surface area (Å²) in [5.74, 6) is 6.10. The average molecular weight is 298 g/mol. The molecule has 0 aliphatic heterocycles. The maximum atomic E-state index is 13.1. The fourth-order valence-corrected chi connectivity index (χ4v) is 1.83. The van der Waals surface area contributed by atoms with Gasteiger partial charge in [0.2, 0.25) is 5.75 Å². The molecule has 2 aromatic rings. The summed E-state index contributed by atoms with van der Waals surface area (Å²) < 4.78 is 18.2. The van der Waals surface area contributed by atoms with Gasteiger partial charge in [0.1, 0.15) is 12.1 Å². The molecule has 4 N–H and O–H groups in total. The van der Waals surface area contributed by atoms with Gasteiger partial charge in [0.05, 0.1) is 12.1 Å². The largest absolute Gasteiger partial charge is 0.490 e. The predicted molar refractivity (Wildman–Crippen MR) is 75.1 cm³/mol. The minimum absolute atomic E-state index is 0.0725. The summed E-state index contributed by atoms with van der Waals surface area (Å²) in [6.45, 7) is 0.400. The molecule has 0 saturated carbocycles. The Morgan fingerprint density at radius 3 is 2.75 bits per heavy atom. The highest BCUT2D eigenvalue weighted by Gasteiger charge is 2.11. The molecule has 0 saturated heterocycles. The highest BCUT2D eigenvalue weighted by atomic mass is 35.5. The molecule has 1 aromatic carbocycles. The molecule has 1 heterocycles. The molecular formula is C12H13ClFN5O. The standard InChI is InChI=1S/C12H13ClFN5O/c1-20-10-11(17-6-18-12(10)19-15)16-5-7-2-3-9(14)8(13)4-7/h2-4,6H,5,15H2,1H3,(H2,16,17,18,19). The highest BCUT2D eigenvalue weighted by molar-refractivity contribution is 6.30. The van der Waals surface area contributed by atoms with Crippen LogP contribution >= 0.6 is 11.6 Å². The number of nitrogen functional groups attached to an aromatic ring is 1. The summed E-state index contributed by atoms with van der Waals surface area (Å²) in [7, 11) is 1.49. The van der Waals surface area contributed by atoms with Crippen molar-refractivity contribution in [2.45, 2.75) is 6.54 Å². The number of anilines is 2. The van der Waals surface area contributed by atoms with Crippen LogP contribution in [0.2, 0.25) is 5.02 Å². The fourth-order valence-electron chi connectivity index (χ4n) is 1.63. The van der Waals surface area contributed by atoms with E-state index >= 15 is 0 Å². The second kappa shape index (κ2) is 6.36. The zero-order valence-corrected chi connectivity index (χ0v) is 11.4. The number of aromatic nitrogens is 2. The van der Waals surface area contributed by atoms with Crippen molar-refractivity contribution >= 4 is 23.2 Å². The minimum atomic E-state index is -0.454. The number of hydrogen-bond acceptors (Lipinski definition) is 6. The van der Waals surface area contributed by atoms with E-state index < -0.39 is 5.82 Å². The average Bonchev–Trinajstić information content (AvgIpc) is 2.47. The Morgan fingerprint density at radius 1 is 1.35 bits per heavy atom. The van der Waals surface area contributed by atoms with E-state index in [9.17, 15) is 4.39 Å². The molecular weight excluding hydrogens is 285 g/mol. The van der Waals surface area contributed by atoms with E-state index in [2.05, 4.69) is 20.7 Å². The van der Waals surface area contributed by atoms with Crippen LogP contribution < -0.4 is 21.3 Å². The van der Waals surface area contributed by atoms with Gasteiger partial charge in [-0.05, 0) is 17.7 Å². The molecule has 106 valence electrons. The van der Waals surface area contributed by atoms with Gasteiger partial charge in [-0.2, -0.15) is 0 Å². The topological polar surface area (TPSA) is 85.1 Å². The van der Waals surface area contributed by atoms with Crippen molar-refractivity contribution in [3.63, 3.8) is 0 Å². The van der Waals surface area contributed by atoms with E-state index in [0.29, 0.717) is 23.9 Å². The molecule has 2 rings (SSSR count). The van der Waals surface area contributed by atoms with Crippen molar-refractivity contribution in [3.05, 3.63) is 40.9 Å². The predicted octanol–water partition coefficient (Wildman–Crippen LogP) is 2.18. The Kier molecular flexibility index (Phi) is 4.54. The van der Waals surface area contributed by atoms with E-state index in [1.54, 1.807) is 12.1 Å². The molecule has 0 bridgehead atoms. The molecule has 1 aromatic heterocycles. The number of rotatable bonds is 5. The monoisotopic (exact) mass is 297 g/mol. The van der Waals surface area contributed by atoms with Gasteiger partial charge in [0.25, 0.3) is 0 Å². The second-order valence-corrected chi connectivity index (χ2v) is 4.26. The summed E-state index contributed by atoms with van der Waals surface area (Å²) in [5.41, 5.74) is 3.22. The van der Waals surface area contributed by atoms with Crippen molar-refractivity contribution < 1.29 is 9.13 Å². The van der Waals surface area contributed by atoms with Gasteiger partial charge in [-0.1, -0.05) is 17.7 Å². The second-order valence-electron chi connectivity index (χ2n) is 3.85. The SMILES string of the molecule is COc1c(NN)ncnc1NCc1ccc(F)c(Cl)c1. The number of halogens is 2. The van der Waals surface area contributed by atoms with E-state index in [-0.39, 0.29) is 5.02 Å². The normalized spacial score (nSPS) is 10.2. The number of nitrogens with two attached hydrogens (primary N) is 1. The molecule has 0 aliphatic carbocycles. The van der Waals surface area contributed by atoms with Crippen LogP contribution in [0, 0.1) is 5.82 Å². The van der Waals surface area contributed by atoms with E-state index in [1.807, 2.05) is 0 Å².